The number of hydrogen-bond donors (Lipinski definition) is 1. The Morgan fingerprint density at radius 2 is 1.90 bits per heavy atom. The van der Waals surface area contributed by atoms with E-state index in [0.717, 1.165) is 18.3 Å². The van der Waals surface area contributed by atoms with Gasteiger partial charge in [0.15, 0.2) is 0 Å². The second-order valence-electron chi connectivity index (χ2n) is 4.41. The Bertz CT molecular complexity index is 578. The summed E-state index contributed by atoms with van der Waals surface area (Å²) in [5.74, 6) is -0.486. The maximum Gasteiger partial charge on any atom is 0.416 e. The molecule has 1 heterocycles. The van der Waals surface area contributed by atoms with Gasteiger partial charge < -0.3 is 5.73 Å². The summed E-state index contributed by atoms with van der Waals surface area (Å²) in [4.78, 5) is 3.82. The lowest BCUT2D eigenvalue weighted by Crippen LogP contribution is -2.15. The summed E-state index contributed by atoms with van der Waals surface area (Å²) in [7, 11) is 0. The highest BCUT2D eigenvalue weighted by atomic mass is 19.4. The molecule has 0 aliphatic carbocycles. The predicted molar refractivity (Wildman–Crippen MR) is 66.3 cm³/mol. The zero-order chi connectivity index (χ0) is 14.8. The molecule has 0 bridgehead atoms. The maximum atomic E-state index is 12.7. The molecule has 0 aliphatic rings. The first-order valence-electron chi connectivity index (χ1n) is 5.89. The molecule has 1 aromatic carbocycles. The minimum absolute atomic E-state index is 0.197. The van der Waals surface area contributed by atoms with Gasteiger partial charge in [-0.1, -0.05) is 18.2 Å². The van der Waals surface area contributed by atoms with E-state index in [1.165, 1.54) is 18.2 Å². The lowest BCUT2D eigenvalue weighted by molar-refractivity contribution is -0.137. The summed E-state index contributed by atoms with van der Waals surface area (Å²) in [5.41, 5.74) is 6.05. The van der Waals surface area contributed by atoms with E-state index < -0.39 is 23.6 Å². The standard InChI is InChI=1S/C14H12F4N2/c15-11-4-5-13(20-8-11)12(19)7-9-2-1-3-10(6-9)14(16,17)18/h1-6,8,12H,7,19H2. The Kier molecular flexibility index (Phi) is 4.04. The fourth-order valence-corrected chi connectivity index (χ4v) is 1.84. The molecular formula is C14H12F4N2. The minimum atomic E-state index is -4.38. The van der Waals surface area contributed by atoms with Gasteiger partial charge in [-0.15, -0.1) is 0 Å². The van der Waals surface area contributed by atoms with Crippen molar-refractivity contribution < 1.29 is 17.6 Å². The van der Waals surface area contributed by atoms with Crippen LogP contribution in [0.1, 0.15) is 22.9 Å². The number of nitrogens with zero attached hydrogens (tertiary/aromatic N) is 1. The summed E-state index contributed by atoms with van der Waals surface area (Å²) in [5, 5.41) is 0. The summed E-state index contributed by atoms with van der Waals surface area (Å²) in [6.45, 7) is 0. The van der Waals surface area contributed by atoms with Gasteiger partial charge in [-0.3, -0.25) is 4.98 Å². The van der Waals surface area contributed by atoms with Crippen molar-refractivity contribution in [1.82, 2.24) is 4.98 Å². The van der Waals surface area contributed by atoms with Crippen molar-refractivity contribution in [2.45, 2.75) is 18.6 Å². The molecule has 0 fully saturated rings. The van der Waals surface area contributed by atoms with Crippen LogP contribution in [0.2, 0.25) is 0 Å². The van der Waals surface area contributed by atoms with E-state index in [9.17, 15) is 17.6 Å². The first-order valence-corrected chi connectivity index (χ1v) is 5.89. The molecule has 2 rings (SSSR count). The predicted octanol–water partition coefficient (Wildman–Crippen LogP) is 3.48. The molecule has 0 saturated carbocycles. The number of aromatic nitrogens is 1. The van der Waals surface area contributed by atoms with E-state index in [1.54, 1.807) is 6.07 Å². The van der Waals surface area contributed by atoms with Gasteiger partial charge in [-0.05, 0) is 30.2 Å². The molecular weight excluding hydrogens is 272 g/mol. The van der Waals surface area contributed by atoms with Gasteiger partial charge in [0.05, 0.1) is 23.5 Å². The third-order valence-corrected chi connectivity index (χ3v) is 2.84. The van der Waals surface area contributed by atoms with Gasteiger partial charge in [0.1, 0.15) is 5.82 Å². The minimum Gasteiger partial charge on any atom is -0.322 e. The Labute approximate surface area is 113 Å². The average Bonchev–Trinajstić information content (AvgIpc) is 2.38. The van der Waals surface area contributed by atoms with Crippen LogP contribution in [0.4, 0.5) is 17.6 Å². The van der Waals surface area contributed by atoms with Crippen LogP contribution in [-0.2, 0) is 12.6 Å². The molecule has 0 aliphatic heterocycles. The molecule has 2 aromatic rings. The summed E-state index contributed by atoms with van der Waals surface area (Å²) in [6, 6.07) is 7.03. The number of benzene rings is 1. The lowest BCUT2D eigenvalue weighted by Gasteiger charge is -2.13. The van der Waals surface area contributed by atoms with Crippen molar-refractivity contribution in [2.24, 2.45) is 5.73 Å². The first-order chi connectivity index (χ1) is 9.36. The number of alkyl halides is 3. The van der Waals surface area contributed by atoms with Crippen molar-refractivity contribution in [1.29, 1.82) is 0 Å². The van der Waals surface area contributed by atoms with E-state index in [1.807, 2.05) is 0 Å². The molecule has 6 heteroatoms. The fraction of sp³-hybridized carbons (Fsp3) is 0.214. The zero-order valence-electron chi connectivity index (χ0n) is 10.4. The Morgan fingerprint density at radius 3 is 2.50 bits per heavy atom. The first kappa shape index (κ1) is 14.5. The van der Waals surface area contributed by atoms with E-state index in [2.05, 4.69) is 4.98 Å². The molecule has 0 amide bonds. The highest BCUT2D eigenvalue weighted by Crippen LogP contribution is 2.30. The zero-order valence-corrected chi connectivity index (χ0v) is 10.4. The third kappa shape index (κ3) is 3.54. The Hall–Kier alpha value is -1.95. The van der Waals surface area contributed by atoms with Gasteiger partial charge in [0.25, 0.3) is 0 Å². The van der Waals surface area contributed by atoms with E-state index in [4.69, 9.17) is 5.73 Å². The molecule has 2 N–H and O–H groups in total. The topological polar surface area (TPSA) is 38.9 Å². The highest BCUT2D eigenvalue weighted by Gasteiger charge is 2.30. The Morgan fingerprint density at radius 1 is 1.15 bits per heavy atom. The fourth-order valence-electron chi connectivity index (χ4n) is 1.84. The van der Waals surface area contributed by atoms with Crippen molar-refractivity contribution in [3.63, 3.8) is 0 Å². The van der Waals surface area contributed by atoms with Crippen LogP contribution in [0.3, 0.4) is 0 Å². The number of halogens is 4. The number of nitrogens with two attached hydrogens (primary N) is 1. The maximum absolute atomic E-state index is 12.7. The molecule has 0 saturated heterocycles. The van der Waals surface area contributed by atoms with Crippen molar-refractivity contribution in [3.8, 4) is 0 Å². The SMILES string of the molecule is NC(Cc1cccc(C(F)(F)F)c1)c1ccc(F)cn1. The quantitative estimate of drug-likeness (QED) is 0.876. The number of hydrogen-bond acceptors (Lipinski definition) is 2. The van der Waals surface area contributed by atoms with Gasteiger partial charge in [-0.25, -0.2) is 4.39 Å². The van der Waals surface area contributed by atoms with Crippen LogP contribution in [0.25, 0.3) is 0 Å². The summed E-state index contributed by atoms with van der Waals surface area (Å²) in [6.07, 6.45) is -3.15. The van der Waals surface area contributed by atoms with Crippen LogP contribution in [0, 0.1) is 5.82 Å². The monoisotopic (exact) mass is 284 g/mol. The van der Waals surface area contributed by atoms with Crippen molar-refractivity contribution in [2.75, 3.05) is 0 Å². The van der Waals surface area contributed by atoms with Gasteiger partial charge in [-0.2, -0.15) is 13.2 Å². The molecule has 2 nitrogen and oxygen atoms in total. The Balaban J connectivity index is 2.15. The molecule has 106 valence electrons. The average molecular weight is 284 g/mol. The van der Waals surface area contributed by atoms with Crippen LogP contribution in [-0.4, -0.2) is 4.98 Å². The largest absolute Gasteiger partial charge is 0.416 e. The third-order valence-electron chi connectivity index (χ3n) is 2.84. The van der Waals surface area contributed by atoms with E-state index in [0.29, 0.717) is 11.3 Å². The van der Waals surface area contributed by atoms with Crippen molar-refractivity contribution >= 4 is 0 Å². The van der Waals surface area contributed by atoms with Crippen LogP contribution in [0.5, 0.6) is 0 Å². The molecule has 0 radical (unpaired) electrons. The van der Waals surface area contributed by atoms with Gasteiger partial charge >= 0.3 is 6.18 Å². The van der Waals surface area contributed by atoms with Gasteiger partial charge in [0, 0.05) is 0 Å². The molecule has 1 unspecified atom stereocenters. The second-order valence-corrected chi connectivity index (χ2v) is 4.41. The van der Waals surface area contributed by atoms with Crippen LogP contribution >= 0.6 is 0 Å². The number of pyridine rings is 1. The molecule has 1 atom stereocenters. The molecule has 20 heavy (non-hydrogen) atoms. The second kappa shape index (κ2) is 5.58. The number of rotatable bonds is 3. The normalized spacial score (nSPS) is 13.2. The van der Waals surface area contributed by atoms with Crippen LogP contribution < -0.4 is 5.73 Å². The lowest BCUT2D eigenvalue weighted by atomic mass is 10.0. The van der Waals surface area contributed by atoms with Crippen molar-refractivity contribution in [3.05, 3.63) is 65.2 Å². The molecule has 0 spiro atoms. The van der Waals surface area contributed by atoms with Gasteiger partial charge in [0.2, 0.25) is 0 Å². The smallest absolute Gasteiger partial charge is 0.322 e. The summed E-state index contributed by atoms with van der Waals surface area (Å²) < 4.78 is 50.5. The van der Waals surface area contributed by atoms with E-state index in [-0.39, 0.29) is 6.42 Å². The molecule has 1 aromatic heterocycles. The highest BCUT2D eigenvalue weighted by molar-refractivity contribution is 5.27. The summed E-state index contributed by atoms with van der Waals surface area (Å²) >= 11 is 0. The van der Waals surface area contributed by atoms with Crippen LogP contribution in [0.15, 0.2) is 42.6 Å². The van der Waals surface area contributed by atoms with E-state index >= 15 is 0 Å².